The summed E-state index contributed by atoms with van der Waals surface area (Å²) < 4.78 is 0. The van der Waals surface area contributed by atoms with Gasteiger partial charge in [0.1, 0.15) is 0 Å². The maximum atomic E-state index is 2.27. The van der Waals surface area contributed by atoms with Gasteiger partial charge in [-0.25, -0.2) is 0 Å². The third-order valence-electron chi connectivity index (χ3n) is 2.85. The molecule has 0 N–H and O–H groups in total. The highest BCUT2D eigenvalue weighted by molar-refractivity contribution is 7.99. The van der Waals surface area contributed by atoms with E-state index in [2.05, 4.69) is 68.0 Å². The van der Waals surface area contributed by atoms with E-state index in [1.165, 1.54) is 37.1 Å². The van der Waals surface area contributed by atoms with Crippen molar-refractivity contribution in [1.82, 2.24) is 4.90 Å². The first-order chi connectivity index (χ1) is 8.24. The molecule has 0 aromatic heterocycles. The van der Waals surface area contributed by atoms with E-state index in [1.54, 1.807) is 0 Å². The van der Waals surface area contributed by atoms with E-state index in [9.17, 15) is 0 Å². The summed E-state index contributed by atoms with van der Waals surface area (Å²) in [4.78, 5) is 2.26. The molecule has 0 bridgehead atoms. The molecule has 0 aliphatic heterocycles. The molecule has 0 fully saturated rings. The molecule has 0 saturated carbocycles. The Kier molecular flexibility index (Phi) is 7.38. The van der Waals surface area contributed by atoms with Crippen molar-refractivity contribution >= 4 is 11.8 Å². The van der Waals surface area contributed by atoms with Crippen LogP contribution in [0.2, 0.25) is 0 Å². The van der Waals surface area contributed by atoms with Crippen molar-refractivity contribution in [2.75, 3.05) is 26.4 Å². The molecular formula is C15H25NS. The highest BCUT2D eigenvalue weighted by atomic mass is 32.2. The second kappa shape index (κ2) is 8.60. The first-order valence-electron chi connectivity index (χ1n) is 6.55. The van der Waals surface area contributed by atoms with Crippen molar-refractivity contribution in [3.05, 3.63) is 35.9 Å². The van der Waals surface area contributed by atoms with Crippen molar-refractivity contribution < 1.29 is 0 Å². The average molecular weight is 251 g/mol. The van der Waals surface area contributed by atoms with Crippen LogP contribution >= 0.6 is 11.8 Å². The lowest BCUT2D eigenvalue weighted by atomic mass is 10.1. The molecule has 0 radical (unpaired) electrons. The van der Waals surface area contributed by atoms with Gasteiger partial charge in [0.2, 0.25) is 0 Å². The fourth-order valence-electron chi connectivity index (χ4n) is 1.78. The lowest BCUT2D eigenvalue weighted by Gasteiger charge is -2.18. The van der Waals surface area contributed by atoms with Crippen LogP contribution in [0.1, 0.15) is 37.0 Å². The minimum absolute atomic E-state index is 0.677. The molecule has 1 aromatic carbocycles. The van der Waals surface area contributed by atoms with Crippen molar-refractivity contribution in [2.24, 2.45) is 0 Å². The Morgan fingerprint density at radius 3 is 2.47 bits per heavy atom. The summed E-state index contributed by atoms with van der Waals surface area (Å²) in [6, 6.07) is 10.9. The Bertz CT molecular complexity index is 284. The van der Waals surface area contributed by atoms with Gasteiger partial charge in [-0.3, -0.25) is 0 Å². The molecule has 0 amide bonds. The van der Waals surface area contributed by atoms with Crippen LogP contribution in [0.4, 0.5) is 0 Å². The Balaban J connectivity index is 2.48. The molecule has 1 aromatic rings. The lowest BCUT2D eigenvalue weighted by Crippen LogP contribution is -2.15. The highest BCUT2D eigenvalue weighted by Gasteiger charge is 2.10. The molecule has 1 unspecified atom stereocenters. The van der Waals surface area contributed by atoms with Gasteiger partial charge in [-0.15, -0.1) is 0 Å². The standard InChI is InChI=1S/C15H25NS/c1-4-5-11-15(17-13-12-16(2)3)14-9-7-6-8-10-14/h6-10,15H,4-5,11-13H2,1-3H3. The van der Waals surface area contributed by atoms with Gasteiger partial charge in [-0.05, 0) is 26.1 Å². The molecule has 2 heteroatoms. The zero-order chi connectivity index (χ0) is 12.5. The number of unbranched alkanes of at least 4 members (excludes halogenated alkanes) is 1. The predicted molar refractivity (Wildman–Crippen MR) is 79.7 cm³/mol. The second-order valence-corrected chi connectivity index (χ2v) is 6.03. The topological polar surface area (TPSA) is 3.24 Å². The SMILES string of the molecule is CCCCC(SCCN(C)C)c1ccccc1. The van der Waals surface area contributed by atoms with Crippen molar-refractivity contribution in [1.29, 1.82) is 0 Å². The summed E-state index contributed by atoms with van der Waals surface area (Å²) in [5.74, 6) is 1.22. The zero-order valence-electron chi connectivity index (χ0n) is 11.4. The van der Waals surface area contributed by atoms with Crippen LogP contribution in [-0.4, -0.2) is 31.3 Å². The van der Waals surface area contributed by atoms with Gasteiger partial charge in [-0.2, -0.15) is 11.8 Å². The summed E-state index contributed by atoms with van der Waals surface area (Å²) in [7, 11) is 4.29. The molecule has 96 valence electrons. The van der Waals surface area contributed by atoms with Crippen molar-refractivity contribution in [3.63, 3.8) is 0 Å². The number of rotatable bonds is 8. The van der Waals surface area contributed by atoms with Gasteiger partial charge in [0.15, 0.2) is 0 Å². The van der Waals surface area contributed by atoms with Gasteiger partial charge >= 0.3 is 0 Å². The Labute approximate surface area is 111 Å². The largest absolute Gasteiger partial charge is 0.309 e. The molecular weight excluding hydrogens is 226 g/mol. The van der Waals surface area contributed by atoms with Gasteiger partial charge in [0.25, 0.3) is 0 Å². The van der Waals surface area contributed by atoms with Crippen LogP contribution < -0.4 is 0 Å². The first-order valence-corrected chi connectivity index (χ1v) is 7.60. The fourth-order valence-corrected chi connectivity index (χ4v) is 3.22. The second-order valence-electron chi connectivity index (χ2n) is 4.72. The summed E-state index contributed by atoms with van der Waals surface area (Å²) in [5.41, 5.74) is 1.49. The lowest BCUT2D eigenvalue weighted by molar-refractivity contribution is 0.437. The number of hydrogen-bond donors (Lipinski definition) is 0. The summed E-state index contributed by atoms with van der Waals surface area (Å²) in [6.07, 6.45) is 3.92. The van der Waals surface area contributed by atoms with E-state index >= 15 is 0 Å². The molecule has 1 rings (SSSR count). The quantitative estimate of drug-likeness (QED) is 0.681. The van der Waals surface area contributed by atoms with E-state index in [4.69, 9.17) is 0 Å². The zero-order valence-corrected chi connectivity index (χ0v) is 12.2. The number of thioether (sulfide) groups is 1. The maximum absolute atomic E-state index is 2.27. The van der Waals surface area contributed by atoms with Crippen LogP contribution in [0.5, 0.6) is 0 Å². The minimum Gasteiger partial charge on any atom is -0.309 e. The molecule has 0 spiro atoms. The van der Waals surface area contributed by atoms with Gasteiger partial charge in [-0.1, -0.05) is 50.1 Å². The molecule has 0 aliphatic rings. The van der Waals surface area contributed by atoms with Crippen LogP contribution in [0, 0.1) is 0 Å². The smallest absolute Gasteiger partial charge is 0.0297 e. The molecule has 1 atom stereocenters. The third kappa shape index (κ3) is 6.13. The molecule has 17 heavy (non-hydrogen) atoms. The molecule has 0 heterocycles. The summed E-state index contributed by atoms with van der Waals surface area (Å²) in [6.45, 7) is 3.44. The van der Waals surface area contributed by atoms with Gasteiger partial charge in [0.05, 0.1) is 0 Å². The molecule has 0 aliphatic carbocycles. The molecule has 1 nitrogen and oxygen atoms in total. The van der Waals surface area contributed by atoms with Crippen LogP contribution in [0.25, 0.3) is 0 Å². The minimum atomic E-state index is 0.677. The maximum Gasteiger partial charge on any atom is 0.0297 e. The average Bonchev–Trinajstić information content (AvgIpc) is 2.34. The Morgan fingerprint density at radius 2 is 1.88 bits per heavy atom. The van der Waals surface area contributed by atoms with E-state index < -0.39 is 0 Å². The van der Waals surface area contributed by atoms with Crippen LogP contribution in [-0.2, 0) is 0 Å². The monoisotopic (exact) mass is 251 g/mol. The Morgan fingerprint density at radius 1 is 1.18 bits per heavy atom. The van der Waals surface area contributed by atoms with Crippen molar-refractivity contribution in [3.8, 4) is 0 Å². The van der Waals surface area contributed by atoms with Gasteiger partial charge < -0.3 is 4.90 Å². The summed E-state index contributed by atoms with van der Waals surface area (Å²) >= 11 is 2.10. The number of hydrogen-bond acceptors (Lipinski definition) is 2. The van der Waals surface area contributed by atoms with Crippen LogP contribution in [0.3, 0.4) is 0 Å². The third-order valence-corrected chi connectivity index (χ3v) is 4.18. The van der Waals surface area contributed by atoms with E-state index in [-0.39, 0.29) is 0 Å². The van der Waals surface area contributed by atoms with Crippen LogP contribution in [0.15, 0.2) is 30.3 Å². The highest BCUT2D eigenvalue weighted by Crippen LogP contribution is 2.33. The van der Waals surface area contributed by atoms with E-state index in [0.717, 1.165) is 0 Å². The Hall–Kier alpha value is -0.470. The fraction of sp³-hybridized carbons (Fsp3) is 0.600. The van der Waals surface area contributed by atoms with E-state index in [1.807, 2.05) is 0 Å². The summed E-state index contributed by atoms with van der Waals surface area (Å²) in [5, 5.41) is 0.677. The predicted octanol–water partition coefficient (Wildman–Crippen LogP) is 4.21. The van der Waals surface area contributed by atoms with Gasteiger partial charge in [0, 0.05) is 17.5 Å². The van der Waals surface area contributed by atoms with E-state index in [0.29, 0.717) is 5.25 Å². The normalized spacial score (nSPS) is 12.9. The number of benzene rings is 1. The first kappa shape index (κ1) is 14.6. The number of nitrogens with zero attached hydrogens (tertiary/aromatic N) is 1. The van der Waals surface area contributed by atoms with Crippen molar-refractivity contribution in [2.45, 2.75) is 31.4 Å². The molecule has 0 saturated heterocycles.